The van der Waals surface area contributed by atoms with Crippen LogP contribution in [0.4, 0.5) is 13.2 Å². The highest BCUT2D eigenvalue weighted by Crippen LogP contribution is 2.30. The highest BCUT2D eigenvalue weighted by Gasteiger charge is 2.35. The number of carbonyl (C=O) groups is 1. The molecule has 0 saturated carbocycles. The lowest BCUT2D eigenvalue weighted by molar-refractivity contribution is -0.144. The van der Waals surface area contributed by atoms with E-state index in [2.05, 4.69) is 19.2 Å². The Labute approximate surface area is 81.7 Å². The highest BCUT2D eigenvalue weighted by molar-refractivity contribution is 5.70. The Hall–Kier alpha value is -1.73. The Morgan fingerprint density at radius 3 is 2.73 bits per heavy atom. The number of ether oxygens (including phenoxy) is 2. The average Bonchev–Trinajstić information content (AvgIpc) is 2.61. The minimum absolute atomic E-state index is 0.493. The van der Waals surface area contributed by atoms with Crippen LogP contribution in [-0.4, -0.2) is 24.8 Å². The summed E-state index contributed by atoms with van der Waals surface area (Å²) in [7, 11) is 1.12. The Balaban J connectivity index is 2.58. The van der Waals surface area contributed by atoms with Crippen molar-refractivity contribution >= 4 is 5.97 Å². The van der Waals surface area contributed by atoms with E-state index in [1.807, 2.05) is 0 Å². The molecule has 0 aliphatic rings. The van der Waals surface area contributed by atoms with Gasteiger partial charge in [0.1, 0.15) is 0 Å². The SMILES string of the molecule is COC(=O)COc1cc(C(F)(F)F)no1. The van der Waals surface area contributed by atoms with Crippen molar-refractivity contribution in [1.29, 1.82) is 0 Å². The van der Waals surface area contributed by atoms with E-state index in [1.165, 1.54) is 0 Å². The molecule has 0 aromatic carbocycles. The van der Waals surface area contributed by atoms with Gasteiger partial charge in [-0.25, -0.2) is 4.79 Å². The second-order valence-corrected chi connectivity index (χ2v) is 2.39. The van der Waals surface area contributed by atoms with Crippen molar-refractivity contribution in [2.75, 3.05) is 13.7 Å². The van der Waals surface area contributed by atoms with Gasteiger partial charge in [0.25, 0.3) is 0 Å². The molecule has 84 valence electrons. The number of nitrogens with zero attached hydrogens (tertiary/aromatic N) is 1. The van der Waals surface area contributed by atoms with Gasteiger partial charge >= 0.3 is 18.1 Å². The van der Waals surface area contributed by atoms with Crippen molar-refractivity contribution in [2.45, 2.75) is 6.18 Å². The zero-order valence-corrected chi connectivity index (χ0v) is 7.50. The number of halogens is 3. The van der Waals surface area contributed by atoms with Crippen LogP contribution in [0.25, 0.3) is 0 Å². The summed E-state index contributed by atoms with van der Waals surface area (Å²) in [6, 6.07) is 0.545. The Morgan fingerprint density at radius 1 is 1.60 bits per heavy atom. The van der Waals surface area contributed by atoms with Crippen LogP contribution < -0.4 is 4.74 Å². The zero-order valence-electron chi connectivity index (χ0n) is 7.50. The third-order valence-corrected chi connectivity index (χ3v) is 1.34. The van der Waals surface area contributed by atoms with E-state index in [9.17, 15) is 18.0 Å². The summed E-state index contributed by atoms with van der Waals surface area (Å²) in [5, 5.41) is 2.71. The zero-order chi connectivity index (χ0) is 11.5. The minimum atomic E-state index is -4.60. The largest absolute Gasteiger partial charge is 0.466 e. The maximum absolute atomic E-state index is 12.0. The summed E-state index contributed by atoms with van der Waals surface area (Å²) in [6.45, 7) is -0.539. The first-order valence-electron chi connectivity index (χ1n) is 3.67. The van der Waals surface area contributed by atoms with Crippen molar-refractivity contribution in [3.05, 3.63) is 11.8 Å². The number of rotatable bonds is 3. The second-order valence-electron chi connectivity index (χ2n) is 2.39. The van der Waals surface area contributed by atoms with Crippen molar-refractivity contribution in [1.82, 2.24) is 5.16 Å². The van der Waals surface area contributed by atoms with Crippen LogP contribution in [0.1, 0.15) is 5.69 Å². The maximum atomic E-state index is 12.0. The van der Waals surface area contributed by atoms with Crippen LogP contribution in [0.5, 0.6) is 5.95 Å². The van der Waals surface area contributed by atoms with Crippen LogP contribution in [0.2, 0.25) is 0 Å². The van der Waals surface area contributed by atoms with Crippen molar-refractivity contribution in [3.8, 4) is 5.95 Å². The molecule has 0 N–H and O–H groups in total. The predicted molar refractivity (Wildman–Crippen MR) is 39.0 cm³/mol. The molecule has 0 saturated heterocycles. The molecule has 0 radical (unpaired) electrons. The molecule has 8 heteroatoms. The van der Waals surface area contributed by atoms with E-state index in [-0.39, 0.29) is 0 Å². The molecule has 1 heterocycles. The van der Waals surface area contributed by atoms with Gasteiger partial charge in [0.2, 0.25) is 0 Å². The monoisotopic (exact) mass is 225 g/mol. The van der Waals surface area contributed by atoms with Gasteiger partial charge in [0.15, 0.2) is 12.3 Å². The van der Waals surface area contributed by atoms with Crippen molar-refractivity contribution < 1.29 is 32.0 Å². The third kappa shape index (κ3) is 3.15. The summed E-state index contributed by atoms with van der Waals surface area (Å²) in [6.07, 6.45) is -4.60. The topological polar surface area (TPSA) is 61.6 Å². The van der Waals surface area contributed by atoms with Gasteiger partial charge < -0.3 is 14.0 Å². The first-order chi connectivity index (χ1) is 6.93. The number of aromatic nitrogens is 1. The molecular weight excluding hydrogens is 219 g/mol. The fraction of sp³-hybridized carbons (Fsp3) is 0.429. The van der Waals surface area contributed by atoms with Crippen LogP contribution in [0, 0.1) is 0 Å². The molecule has 0 aliphatic carbocycles. The van der Waals surface area contributed by atoms with E-state index in [0.717, 1.165) is 7.11 Å². The normalized spacial score (nSPS) is 11.2. The van der Waals surface area contributed by atoms with Gasteiger partial charge in [0, 0.05) is 0 Å². The van der Waals surface area contributed by atoms with E-state index >= 15 is 0 Å². The van der Waals surface area contributed by atoms with Gasteiger partial charge in [-0.2, -0.15) is 13.2 Å². The van der Waals surface area contributed by atoms with Gasteiger partial charge in [-0.15, -0.1) is 0 Å². The van der Waals surface area contributed by atoms with Crippen molar-refractivity contribution in [2.24, 2.45) is 0 Å². The van der Waals surface area contributed by atoms with Gasteiger partial charge in [-0.05, 0) is 0 Å². The molecule has 0 aliphatic heterocycles. The lowest BCUT2D eigenvalue weighted by Gasteiger charge is -1.99. The summed E-state index contributed by atoms with van der Waals surface area (Å²) in [5.41, 5.74) is -1.22. The van der Waals surface area contributed by atoms with Crippen LogP contribution in [-0.2, 0) is 15.7 Å². The third-order valence-electron chi connectivity index (χ3n) is 1.34. The lowest BCUT2D eigenvalue weighted by Crippen LogP contribution is -2.12. The Bertz CT molecular complexity index is 346. The Kier molecular flexibility index (Phi) is 3.17. The molecule has 1 aromatic heterocycles. The molecule has 5 nitrogen and oxygen atoms in total. The van der Waals surface area contributed by atoms with Crippen LogP contribution in [0.15, 0.2) is 10.6 Å². The van der Waals surface area contributed by atoms with Crippen LogP contribution >= 0.6 is 0 Å². The standard InChI is InChI=1S/C7H6F3NO4/c1-13-5(12)3-14-6-2-4(11-15-6)7(8,9)10/h2H,3H2,1H3. The average molecular weight is 225 g/mol. The summed E-state index contributed by atoms with van der Waals surface area (Å²) in [4.78, 5) is 10.6. The molecule has 0 fully saturated rings. The maximum Gasteiger partial charge on any atom is 0.436 e. The molecule has 0 bridgehead atoms. The molecular formula is C7H6F3NO4. The number of carbonyl (C=O) groups excluding carboxylic acids is 1. The number of alkyl halides is 3. The van der Waals surface area contributed by atoms with E-state index < -0.39 is 30.4 Å². The van der Waals surface area contributed by atoms with Gasteiger partial charge in [-0.3, -0.25) is 0 Å². The second kappa shape index (κ2) is 4.20. The molecule has 0 spiro atoms. The quantitative estimate of drug-likeness (QED) is 0.724. The van der Waals surface area contributed by atoms with Crippen LogP contribution in [0.3, 0.4) is 0 Å². The number of hydrogen-bond donors (Lipinski definition) is 0. The summed E-state index contributed by atoms with van der Waals surface area (Å²) < 4.78 is 48.9. The summed E-state index contributed by atoms with van der Waals surface area (Å²) in [5.74, 6) is -1.23. The molecule has 0 atom stereocenters. The number of esters is 1. The van der Waals surface area contributed by atoms with E-state index in [4.69, 9.17) is 0 Å². The first-order valence-corrected chi connectivity index (χ1v) is 3.67. The number of hydrogen-bond acceptors (Lipinski definition) is 5. The lowest BCUT2D eigenvalue weighted by atomic mass is 10.4. The predicted octanol–water partition coefficient (Wildman–Crippen LogP) is 1.25. The van der Waals surface area contributed by atoms with E-state index in [1.54, 1.807) is 0 Å². The smallest absolute Gasteiger partial charge is 0.436 e. The Morgan fingerprint density at radius 2 is 2.27 bits per heavy atom. The first kappa shape index (κ1) is 11.3. The molecule has 0 amide bonds. The van der Waals surface area contributed by atoms with Crippen molar-refractivity contribution in [3.63, 3.8) is 0 Å². The van der Waals surface area contributed by atoms with Gasteiger partial charge in [-0.1, -0.05) is 5.16 Å². The molecule has 15 heavy (non-hydrogen) atoms. The highest BCUT2D eigenvalue weighted by atomic mass is 19.4. The fourth-order valence-corrected chi connectivity index (χ4v) is 0.649. The number of methoxy groups -OCH3 is 1. The fourth-order valence-electron chi connectivity index (χ4n) is 0.649. The molecule has 0 unspecified atom stereocenters. The molecule has 1 rings (SSSR count). The van der Waals surface area contributed by atoms with Gasteiger partial charge in [0.05, 0.1) is 13.2 Å². The molecule has 1 aromatic rings. The summed E-state index contributed by atoms with van der Waals surface area (Å²) >= 11 is 0. The minimum Gasteiger partial charge on any atom is -0.466 e. The van der Waals surface area contributed by atoms with E-state index in [0.29, 0.717) is 6.07 Å².